The maximum absolute atomic E-state index is 12.2. The van der Waals surface area contributed by atoms with E-state index in [-0.39, 0.29) is 5.91 Å². The normalized spacial score (nSPS) is 14.8. The van der Waals surface area contributed by atoms with E-state index < -0.39 is 0 Å². The fourth-order valence-corrected chi connectivity index (χ4v) is 2.86. The van der Waals surface area contributed by atoms with Crippen molar-refractivity contribution in [1.82, 2.24) is 0 Å². The monoisotopic (exact) mass is 310 g/mol. The van der Waals surface area contributed by atoms with E-state index >= 15 is 0 Å². The fourth-order valence-electron chi connectivity index (χ4n) is 2.86. The van der Waals surface area contributed by atoms with E-state index in [0.29, 0.717) is 24.0 Å². The van der Waals surface area contributed by atoms with E-state index in [1.165, 1.54) is 25.7 Å². The van der Waals surface area contributed by atoms with Crippen molar-refractivity contribution in [1.29, 1.82) is 0 Å². The topological polar surface area (TPSA) is 64.4 Å². The molecule has 0 heterocycles. The van der Waals surface area contributed by atoms with Crippen LogP contribution in [0.5, 0.6) is 0 Å². The van der Waals surface area contributed by atoms with Crippen molar-refractivity contribution in [3.63, 3.8) is 0 Å². The van der Waals surface area contributed by atoms with Gasteiger partial charge in [0.05, 0.1) is 18.3 Å². The molecule has 4 heteroatoms. The van der Waals surface area contributed by atoms with Gasteiger partial charge in [-0.05, 0) is 42.7 Å². The zero-order chi connectivity index (χ0) is 16.1. The number of hydrogen-bond acceptors (Lipinski definition) is 3. The number of para-hydroxylation sites is 1. The smallest absolute Gasteiger partial charge is 0.257 e. The van der Waals surface area contributed by atoms with E-state index in [1.807, 2.05) is 30.3 Å². The number of ether oxygens (including phenoxy) is 1. The standard InChI is InChI=1S/C19H22N2O2/c20-18-8-4-3-7-17(18)19(22)21-15-11-9-14(10-12-15)13-23-16-5-1-2-6-16/h3-4,7-12,16H,1-2,5-6,13,20H2,(H,21,22). The zero-order valence-electron chi connectivity index (χ0n) is 13.1. The van der Waals surface area contributed by atoms with Gasteiger partial charge in [-0.1, -0.05) is 37.1 Å². The van der Waals surface area contributed by atoms with E-state index in [0.717, 1.165) is 11.3 Å². The van der Waals surface area contributed by atoms with Gasteiger partial charge < -0.3 is 15.8 Å². The summed E-state index contributed by atoms with van der Waals surface area (Å²) in [4.78, 5) is 12.2. The Morgan fingerprint density at radius 3 is 2.48 bits per heavy atom. The van der Waals surface area contributed by atoms with Crippen molar-refractivity contribution in [2.45, 2.75) is 38.4 Å². The largest absolute Gasteiger partial charge is 0.398 e. The van der Waals surface area contributed by atoms with Crippen LogP contribution in [0.1, 0.15) is 41.6 Å². The molecule has 3 N–H and O–H groups in total. The van der Waals surface area contributed by atoms with Gasteiger partial charge in [-0.2, -0.15) is 0 Å². The number of benzene rings is 2. The first-order chi connectivity index (χ1) is 11.2. The second kappa shape index (κ2) is 7.29. The number of anilines is 2. The maximum atomic E-state index is 12.2. The third-order valence-electron chi connectivity index (χ3n) is 4.21. The number of nitrogens with one attached hydrogen (secondary N) is 1. The molecule has 2 aromatic carbocycles. The molecule has 0 spiro atoms. The van der Waals surface area contributed by atoms with Crippen LogP contribution in [-0.2, 0) is 11.3 Å². The zero-order valence-corrected chi connectivity index (χ0v) is 13.1. The summed E-state index contributed by atoms with van der Waals surface area (Å²) in [6.07, 6.45) is 5.31. The summed E-state index contributed by atoms with van der Waals surface area (Å²) < 4.78 is 5.89. The van der Waals surface area contributed by atoms with Crippen LogP contribution in [-0.4, -0.2) is 12.0 Å². The van der Waals surface area contributed by atoms with Crippen LogP contribution in [0.4, 0.5) is 11.4 Å². The highest BCUT2D eigenvalue weighted by molar-refractivity contribution is 6.07. The highest BCUT2D eigenvalue weighted by Gasteiger charge is 2.15. The molecule has 1 amide bonds. The van der Waals surface area contributed by atoms with Crippen molar-refractivity contribution in [3.8, 4) is 0 Å². The summed E-state index contributed by atoms with van der Waals surface area (Å²) in [6, 6.07) is 14.8. The van der Waals surface area contributed by atoms with Gasteiger partial charge in [0, 0.05) is 11.4 Å². The van der Waals surface area contributed by atoms with E-state index in [1.54, 1.807) is 18.2 Å². The highest BCUT2D eigenvalue weighted by atomic mass is 16.5. The number of nitrogens with two attached hydrogens (primary N) is 1. The SMILES string of the molecule is Nc1ccccc1C(=O)Nc1ccc(COC2CCCC2)cc1. The number of rotatable bonds is 5. The van der Waals surface area contributed by atoms with Gasteiger partial charge >= 0.3 is 0 Å². The van der Waals surface area contributed by atoms with Crippen LogP contribution in [0.2, 0.25) is 0 Å². The van der Waals surface area contributed by atoms with Gasteiger partial charge in [0.15, 0.2) is 0 Å². The van der Waals surface area contributed by atoms with E-state index in [2.05, 4.69) is 5.32 Å². The minimum Gasteiger partial charge on any atom is -0.398 e. The van der Waals surface area contributed by atoms with E-state index in [4.69, 9.17) is 10.5 Å². The molecule has 0 aromatic heterocycles. The van der Waals surface area contributed by atoms with Gasteiger partial charge in [0.25, 0.3) is 5.91 Å². The molecule has 0 unspecified atom stereocenters. The molecule has 1 aliphatic carbocycles. The second-order valence-corrected chi connectivity index (χ2v) is 5.96. The number of carbonyl (C=O) groups is 1. The molecule has 23 heavy (non-hydrogen) atoms. The first-order valence-electron chi connectivity index (χ1n) is 8.09. The summed E-state index contributed by atoms with van der Waals surface area (Å²) in [5.41, 5.74) is 8.66. The van der Waals surface area contributed by atoms with Crippen molar-refractivity contribution in [2.75, 3.05) is 11.1 Å². The van der Waals surface area contributed by atoms with Crippen LogP contribution in [0.3, 0.4) is 0 Å². The molecule has 2 aromatic rings. The Morgan fingerprint density at radius 1 is 1.09 bits per heavy atom. The van der Waals surface area contributed by atoms with Crippen LogP contribution in [0, 0.1) is 0 Å². The predicted molar refractivity (Wildman–Crippen MR) is 92.3 cm³/mol. The third-order valence-corrected chi connectivity index (χ3v) is 4.21. The van der Waals surface area contributed by atoms with Crippen molar-refractivity contribution in [2.24, 2.45) is 0 Å². The summed E-state index contributed by atoms with van der Waals surface area (Å²) in [7, 11) is 0. The number of nitrogen functional groups attached to an aromatic ring is 1. The van der Waals surface area contributed by atoms with Gasteiger partial charge in [0.2, 0.25) is 0 Å². The first-order valence-corrected chi connectivity index (χ1v) is 8.09. The maximum Gasteiger partial charge on any atom is 0.257 e. The minimum atomic E-state index is -0.196. The lowest BCUT2D eigenvalue weighted by atomic mass is 10.1. The fraction of sp³-hybridized carbons (Fsp3) is 0.316. The summed E-state index contributed by atoms with van der Waals surface area (Å²) in [5.74, 6) is -0.196. The molecule has 1 fully saturated rings. The lowest BCUT2D eigenvalue weighted by Crippen LogP contribution is -2.14. The second-order valence-electron chi connectivity index (χ2n) is 5.96. The highest BCUT2D eigenvalue weighted by Crippen LogP contribution is 2.22. The Balaban J connectivity index is 1.56. The average Bonchev–Trinajstić information content (AvgIpc) is 3.08. The summed E-state index contributed by atoms with van der Waals surface area (Å²) in [5, 5.41) is 2.86. The molecular weight excluding hydrogens is 288 g/mol. The molecule has 3 rings (SSSR count). The molecule has 1 aliphatic rings. The third kappa shape index (κ3) is 4.11. The average molecular weight is 310 g/mol. The Morgan fingerprint density at radius 2 is 1.78 bits per heavy atom. The van der Waals surface area contributed by atoms with Crippen LogP contribution in [0.15, 0.2) is 48.5 Å². The molecule has 0 radical (unpaired) electrons. The van der Waals surface area contributed by atoms with Gasteiger partial charge in [-0.25, -0.2) is 0 Å². The van der Waals surface area contributed by atoms with Crippen molar-refractivity contribution in [3.05, 3.63) is 59.7 Å². The quantitative estimate of drug-likeness (QED) is 0.821. The molecule has 0 atom stereocenters. The van der Waals surface area contributed by atoms with Gasteiger partial charge in [-0.15, -0.1) is 0 Å². The molecule has 0 saturated heterocycles. The molecular formula is C19H22N2O2. The van der Waals surface area contributed by atoms with Crippen molar-refractivity contribution >= 4 is 17.3 Å². The molecule has 0 bridgehead atoms. The Kier molecular flexibility index (Phi) is 4.93. The van der Waals surface area contributed by atoms with Crippen LogP contribution < -0.4 is 11.1 Å². The van der Waals surface area contributed by atoms with E-state index in [9.17, 15) is 4.79 Å². The number of hydrogen-bond donors (Lipinski definition) is 2. The first kappa shape index (κ1) is 15.6. The molecule has 120 valence electrons. The van der Waals surface area contributed by atoms with Gasteiger partial charge in [0.1, 0.15) is 0 Å². The molecule has 4 nitrogen and oxygen atoms in total. The minimum absolute atomic E-state index is 0.196. The Hall–Kier alpha value is -2.33. The molecule has 0 aliphatic heterocycles. The lowest BCUT2D eigenvalue weighted by Gasteiger charge is -2.12. The Labute approximate surface area is 136 Å². The summed E-state index contributed by atoms with van der Waals surface area (Å²) in [6.45, 7) is 0.629. The van der Waals surface area contributed by atoms with Gasteiger partial charge in [-0.3, -0.25) is 4.79 Å². The van der Waals surface area contributed by atoms with Crippen molar-refractivity contribution < 1.29 is 9.53 Å². The summed E-state index contributed by atoms with van der Waals surface area (Å²) >= 11 is 0. The molecule has 1 saturated carbocycles. The predicted octanol–water partition coefficient (Wildman–Crippen LogP) is 3.98. The van der Waals surface area contributed by atoms with Crippen LogP contribution in [0.25, 0.3) is 0 Å². The Bertz CT molecular complexity index is 661. The lowest BCUT2D eigenvalue weighted by molar-refractivity contribution is 0.0457. The number of carbonyl (C=O) groups excluding carboxylic acids is 1. The number of amides is 1. The van der Waals surface area contributed by atoms with Crippen LogP contribution >= 0.6 is 0 Å².